The molecule has 3 nitrogen and oxygen atoms in total. The molecule has 0 spiro atoms. The number of nitrogens with two attached hydrogens (primary N) is 1. The molecule has 0 unspecified atom stereocenters. The molecule has 1 heterocycles. The quantitative estimate of drug-likeness (QED) is 0.501. The SMILES string of the molecule is N/C=C(/Cl)C(=NCCl)c1c[nH]c2ccccc12. The van der Waals surface area contributed by atoms with Crippen molar-refractivity contribution in [2.24, 2.45) is 10.7 Å². The third-order valence-electron chi connectivity index (χ3n) is 2.43. The van der Waals surface area contributed by atoms with E-state index in [0.29, 0.717) is 10.7 Å². The minimum absolute atomic E-state index is 0.138. The van der Waals surface area contributed by atoms with Gasteiger partial charge in [-0.1, -0.05) is 29.8 Å². The Bertz CT molecular complexity index is 584. The zero-order valence-electron chi connectivity index (χ0n) is 8.95. The van der Waals surface area contributed by atoms with Crippen LogP contribution in [0.3, 0.4) is 0 Å². The van der Waals surface area contributed by atoms with Crippen LogP contribution < -0.4 is 5.73 Å². The molecule has 0 fully saturated rings. The fraction of sp³-hybridized carbons (Fsp3) is 0.0833. The maximum Gasteiger partial charge on any atom is 0.114 e. The molecule has 0 aliphatic heterocycles. The second-order valence-corrected chi connectivity index (χ2v) is 4.04. The molecule has 1 aromatic carbocycles. The standard InChI is InChI=1S/C12H11Cl2N3/c13-7-17-12(10(14)5-15)9-6-16-11-4-2-1-3-8(9)11/h1-6,16H,7,15H2/b10-5+,17-12?. The first-order chi connectivity index (χ1) is 8.27. The van der Waals surface area contributed by atoms with E-state index in [0.717, 1.165) is 16.5 Å². The third kappa shape index (κ3) is 2.30. The molecule has 0 amide bonds. The number of H-pyrrole nitrogens is 1. The highest BCUT2D eigenvalue weighted by molar-refractivity contribution is 6.47. The Morgan fingerprint density at radius 2 is 2.18 bits per heavy atom. The number of nitrogens with one attached hydrogen (secondary N) is 1. The molecular formula is C12H11Cl2N3. The average molecular weight is 268 g/mol. The van der Waals surface area contributed by atoms with Gasteiger partial charge in [0.1, 0.15) is 6.00 Å². The Labute approximate surface area is 109 Å². The van der Waals surface area contributed by atoms with Gasteiger partial charge in [0, 0.05) is 28.9 Å². The molecule has 0 bridgehead atoms. The minimum Gasteiger partial charge on any atom is -0.403 e. The van der Waals surface area contributed by atoms with Crippen molar-refractivity contribution in [1.82, 2.24) is 4.98 Å². The fourth-order valence-corrected chi connectivity index (χ4v) is 1.98. The summed E-state index contributed by atoms with van der Waals surface area (Å²) in [6.07, 6.45) is 3.16. The summed E-state index contributed by atoms with van der Waals surface area (Å²) < 4.78 is 0. The van der Waals surface area contributed by atoms with E-state index >= 15 is 0 Å². The number of aromatic amines is 1. The molecule has 1 aromatic heterocycles. The van der Waals surface area contributed by atoms with Crippen LogP contribution in [-0.2, 0) is 0 Å². The number of hydrogen-bond donors (Lipinski definition) is 2. The summed E-state index contributed by atoms with van der Waals surface area (Å²) in [6.45, 7) is 0. The molecule has 0 aliphatic carbocycles. The van der Waals surface area contributed by atoms with E-state index in [1.54, 1.807) is 0 Å². The lowest BCUT2D eigenvalue weighted by molar-refractivity contribution is 1.35. The van der Waals surface area contributed by atoms with Gasteiger partial charge in [-0.3, -0.25) is 4.99 Å². The Hall–Kier alpha value is -1.45. The van der Waals surface area contributed by atoms with Gasteiger partial charge in [0.2, 0.25) is 0 Å². The smallest absolute Gasteiger partial charge is 0.114 e. The molecule has 3 N–H and O–H groups in total. The molecule has 0 saturated heterocycles. The number of halogens is 2. The van der Waals surface area contributed by atoms with E-state index in [1.165, 1.54) is 6.20 Å². The molecule has 88 valence electrons. The van der Waals surface area contributed by atoms with Crippen molar-refractivity contribution in [3.63, 3.8) is 0 Å². The predicted molar refractivity (Wildman–Crippen MR) is 73.7 cm³/mol. The van der Waals surface area contributed by atoms with Crippen LogP contribution >= 0.6 is 23.2 Å². The number of hydrogen-bond acceptors (Lipinski definition) is 2. The van der Waals surface area contributed by atoms with E-state index < -0.39 is 0 Å². The summed E-state index contributed by atoms with van der Waals surface area (Å²) in [4.78, 5) is 7.32. The first-order valence-corrected chi connectivity index (χ1v) is 5.94. The molecule has 2 rings (SSSR count). The summed E-state index contributed by atoms with van der Waals surface area (Å²) in [7, 11) is 0. The number of allylic oxidation sites excluding steroid dienone is 1. The number of aromatic nitrogens is 1. The molecule has 0 atom stereocenters. The van der Waals surface area contributed by atoms with Crippen LogP contribution in [0.15, 0.2) is 46.7 Å². The Morgan fingerprint density at radius 1 is 1.41 bits per heavy atom. The number of rotatable bonds is 3. The zero-order valence-corrected chi connectivity index (χ0v) is 10.5. The molecule has 0 radical (unpaired) electrons. The van der Waals surface area contributed by atoms with Crippen LogP contribution in [0.2, 0.25) is 0 Å². The van der Waals surface area contributed by atoms with Crippen LogP contribution in [0.4, 0.5) is 0 Å². The third-order valence-corrected chi connectivity index (χ3v) is 2.86. The Balaban J connectivity index is 2.61. The largest absolute Gasteiger partial charge is 0.403 e. The second kappa shape index (κ2) is 5.25. The monoisotopic (exact) mass is 267 g/mol. The van der Waals surface area contributed by atoms with Crippen molar-refractivity contribution >= 4 is 39.8 Å². The molecular weight excluding hydrogens is 257 g/mol. The van der Waals surface area contributed by atoms with E-state index in [2.05, 4.69) is 9.98 Å². The predicted octanol–water partition coefficient (Wildman–Crippen LogP) is 3.19. The van der Waals surface area contributed by atoms with Gasteiger partial charge in [-0.25, -0.2) is 0 Å². The maximum absolute atomic E-state index is 6.03. The lowest BCUT2D eigenvalue weighted by Crippen LogP contribution is -2.03. The normalized spacial score (nSPS) is 13.3. The summed E-state index contributed by atoms with van der Waals surface area (Å²) in [5.41, 5.74) is 7.94. The summed E-state index contributed by atoms with van der Waals surface area (Å²) in [5.74, 6) is 0. The first kappa shape index (κ1) is 12.0. The lowest BCUT2D eigenvalue weighted by atomic mass is 10.1. The molecule has 0 saturated carbocycles. The zero-order chi connectivity index (χ0) is 12.3. The van der Waals surface area contributed by atoms with Crippen molar-refractivity contribution in [1.29, 1.82) is 0 Å². The topological polar surface area (TPSA) is 54.2 Å². The highest BCUT2D eigenvalue weighted by Gasteiger charge is 2.12. The second-order valence-electron chi connectivity index (χ2n) is 3.39. The number of benzene rings is 1. The van der Waals surface area contributed by atoms with Gasteiger partial charge in [0.25, 0.3) is 0 Å². The average Bonchev–Trinajstić information content (AvgIpc) is 2.79. The lowest BCUT2D eigenvalue weighted by Gasteiger charge is -2.03. The van der Waals surface area contributed by atoms with E-state index in [-0.39, 0.29) is 6.00 Å². The summed E-state index contributed by atoms with van der Waals surface area (Å²) in [5, 5.41) is 1.42. The number of para-hydroxylation sites is 1. The van der Waals surface area contributed by atoms with Crippen molar-refractivity contribution in [3.8, 4) is 0 Å². The maximum atomic E-state index is 6.03. The van der Waals surface area contributed by atoms with E-state index in [4.69, 9.17) is 28.9 Å². The number of aliphatic imine (C=N–C) groups is 1. The minimum atomic E-state index is 0.138. The van der Waals surface area contributed by atoms with Crippen LogP contribution in [0.1, 0.15) is 5.56 Å². The summed E-state index contributed by atoms with van der Waals surface area (Å²) in [6, 6.07) is 8.03. The van der Waals surface area contributed by atoms with E-state index in [9.17, 15) is 0 Å². The fourth-order valence-electron chi connectivity index (χ4n) is 1.70. The van der Waals surface area contributed by atoms with Crippen LogP contribution in [0.25, 0.3) is 10.9 Å². The van der Waals surface area contributed by atoms with Gasteiger partial charge in [0.05, 0.1) is 10.7 Å². The van der Waals surface area contributed by atoms with E-state index in [1.807, 2.05) is 30.5 Å². The Morgan fingerprint density at radius 3 is 2.88 bits per heavy atom. The van der Waals surface area contributed by atoms with Gasteiger partial charge in [-0.15, -0.1) is 11.6 Å². The molecule has 17 heavy (non-hydrogen) atoms. The summed E-state index contributed by atoms with van der Waals surface area (Å²) >= 11 is 11.7. The highest BCUT2D eigenvalue weighted by Crippen LogP contribution is 2.22. The Kier molecular flexibility index (Phi) is 3.71. The van der Waals surface area contributed by atoms with Gasteiger partial charge in [-0.05, 0) is 6.07 Å². The van der Waals surface area contributed by atoms with Crippen LogP contribution in [0, 0.1) is 0 Å². The van der Waals surface area contributed by atoms with Crippen molar-refractivity contribution in [2.75, 3.05) is 6.00 Å². The molecule has 5 heteroatoms. The van der Waals surface area contributed by atoms with Crippen molar-refractivity contribution in [2.45, 2.75) is 0 Å². The van der Waals surface area contributed by atoms with Gasteiger partial charge in [0.15, 0.2) is 0 Å². The molecule has 2 aromatic rings. The number of nitrogens with zero attached hydrogens (tertiary/aromatic N) is 1. The number of fused-ring (bicyclic) bond motifs is 1. The van der Waals surface area contributed by atoms with Gasteiger partial charge < -0.3 is 10.7 Å². The van der Waals surface area contributed by atoms with Crippen molar-refractivity contribution < 1.29 is 0 Å². The molecule has 0 aliphatic rings. The van der Waals surface area contributed by atoms with Gasteiger partial charge in [-0.2, -0.15) is 0 Å². The first-order valence-electron chi connectivity index (χ1n) is 5.02. The van der Waals surface area contributed by atoms with Crippen LogP contribution in [0.5, 0.6) is 0 Å². The highest BCUT2D eigenvalue weighted by atomic mass is 35.5. The van der Waals surface area contributed by atoms with Crippen molar-refractivity contribution in [3.05, 3.63) is 47.3 Å². The van der Waals surface area contributed by atoms with Gasteiger partial charge >= 0.3 is 0 Å². The number of alkyl halides is 1. The van der Waals surface area contributed by atoms with Crippen LogP contribution in [-0.4, -0.2) is 16.7 Å².